The zero-order chi connectivity index (χ0) is 12.2. The number of amides is 1. The summed E-state index contributed by atoms with van der Waals surface area (Å²) in [6, 6.07) is 7.04. The van der Waals surface area contributed by atoms with E-state index in [2.05, 4.69) is 5.32 Å². The summed E-state index contributed by atoms with van der Waals surface area (Å²) in [4.78, 5) is 10.7. The van der Waals surface area contributed by atoms with Crippen molar-refractivity contribution < 1.29 is 14.6 Å². The van der Waals surface area contributed by atoms with Crippen molar-refractivity contribution in [3.63, 3.8) is 0 Å². The van der Waals surface area contributed by atoms with Crippen molar-refractivity contribution in [2.45, 2.75) is 19.0 Å². The summed E-state index contributed by atoms with van der Waals surface area (Å²) in [5.74, 6) is 0.646. The van der Waals surface area contributed by atoms with Crippen molar-refractivity contribution in [1.29, 1.82) is 0 Å². The number of rotatable bonds is 4. The van der Waals surface area contributed by atoms with Gasteiger partial charge in [-0.1, -0.05) is 19.1 Å². The van der Waals surface area contributed by atoms with Gasteiger partial charge >= 0.3 is 6.09 Å². The predicted molar refractivity (Wildman–Crippen MR) is 60.3 cm³/mol. The van der Waals surface area contributed by atoms with Gasteiger partial charge in [-0.25, -0.2) is 4.79 Å². The van der Waals surface area contributed by atoms with Gasteiger partial charge in [-0.3, -0.25) is 5.32 Å². The zero-order valence-electron chi connectivity index (χ0n) is 9.36. The molecule has 5 heteroatoms. The Hall–Kier alpha value is -1.75. The number of carbonyl (C=O) groups is 1. The van der Waals surface area contributed by atoms with Crippen LogP contribution in [0.3, 0.4) is 0 Å². The monoisotopic (exact) mass is 224 g/mol. The van der Waals surface area contributed by atoms with Crippen LogP contribution >= 0.6 is 0 Å². The van der Waals surface area contributed by atoms with Crippen molar-refractivity contribution in [2.75, 3.05) is 7.11 Å². The van der Waals surface area contributed by atoms with Crippen LogP contribution in [0, 0.1) is 0 Å². The van der Waals surface area contributed by atoms with Gasteiger partial charge in [-0.15, -0.1) is 0 Å². The third-order valence-electron chi connectivity index (χ3n) is 2.47. The minimum atomic E-state index is -1.15. The highest BCUT2D eigenvalue weighted by atomic mass is 16.5. The van der Waals surface area contributed by atoms with Gasteiger partial charge < -0.3 is 15.6 Å². The summed E-state index contributed by atoms with van der Waals surface area (Å²) < 4.78 is 5.07. The number of hydrogen-bond acceptors (Lipinski definition) is 3. The average molecular weight is 224 g/mol. The van der Waals surface area contributed by atoms with Crippen LogP contribution in [0.2, 0.25) is 0 Å². The molecule has 1 unspecified atom stereocenters. The Morgan fingerprint density at radius 1 is 1.62 bits per heavy atom. The van der Waals surface area contributed by atoms with E-state index in [1.165, 1.54) is 0 Å². The van der Waals surface area contributed by atoms with Gasteiger partial charge in [0.2, 0.25) is 0 Å². The molecule has 16 heavy (non-hydrogen) atoms. The van der Waals surface area contributed by atoms with Crippen LogP contribution in [0.4, 0.5) is 4.79 Å². The number of carboxylic acid groups (broad SMARTS) is 1. The minimum Gasteiger partial charge on any atom is -0.497 e. The lowest BCUT2D eigenvalue weighted by molar-refractivity contribution is 0.176. The van der Waals surface area contributed by atoms with Crippen LogP contribution in [0.5, 0.6) is 5.75 Å². The van der Waals surface area contributed by atoms with E-state index < -0.39 is 11.8 Å². The minimum absolute atomic E-state index is 0.451. The van der Waals surface area contributed by atoms with E-state index in [1.807, 2.05) is 6.92 Å². The second-order valence-corrected chi connectivity index (χ2v) is 3.49. The number of benzene rings is 1. The van der Waals surface area contributed by atoms with E-state index in [4.69, 9.17) is 15.6 Å². The van der Waals surface area contributed by atoms with E-state index in [0.717, 1.165) is 0 Å². The average Bonchev–Trinajstić information content (AvgIpc) is 2.28. The van der Waals surface area contributed by atoms with Gasteiger partial charge in [0.25, 0.3) is 0 Å². The molecule has 0 saturated carbocycles. The van der Waals surface area contributed by atoms with Crippen LogP contribution in [0.25, 0.3) is 0 Å². The van der Waals surface area contributed by atoms with Crippen LogP contribution in [0.15, 0.2) is 24.3 Å². The fourth-order valence-corrected chi connectivity index (χ4v) is 1.46. The molecule has 1 amide bonds. The van der Waals surface area contributed by atoms with Crippen molar-refractivity contribution in [3.05, 3.63) is 29.8 Å². The Morgan fingerprint density at radius 3 is 2.81 bits per heavy atom. The van der Waals surface area contributed by atoms with E-state index in [-0.39, 0.29) is 0 Å². The molecular formula is C11H16N2O3. The quantitative estimate of drug-likeness (QED) is 0.676. The third-order valence-corrected chi connectivity index (χ3v) is 2.47. The lowest BCUT2D eigenvalue weighted by Gasteiger charge is -2.28. The molecule has 0 spiro atoms. The molecule has 0 heterocycles. The Balaban J connectivity index is 3.06. The first kappa shape index (κ1) is 12.3. The van der Waals surface area contributed by atoms with E-state index >= 15 is 0 Å². The highest BCUT2D eigenvalue weighted by Gasteiger charge is 2.27. The highest BCUT2D eigenvalue weighted by molar-refractivity contribution is 5.66. The molecule has 0 fully saturated rings. The molecule has 4 N–H and O–H groups in total. The fourth-order valence-electron chi connectivity index (χ4n) is 1.46. The van der Waals surface area contributed by atoms with Gasteiger partial charge in [0.05, 0.1) is 7.11 Å². The Bertz CT molecular complexity index is 381. The molecule has 1 atom stereocenters. The lowest BCUT2D eigenvalue weighted by atomic mass is 9.97. The molecule has 5 nitrogen and oxygen atoms in total. The fraction of sp³-hybridized carbons (Fsp3) is 0.364. The van der Waals surface area contributed by atoms with Gasteiger partial charge in [0.15, 0.2) is 0 Å². The van der Waals surface area contributed by atoms with Gasteiger partial charge in [-0.2, -0.15) is 0 Å². The molecule has 1 rings (SSSR count). The molecular weight excluding hydrogens is 208 g/mol. The van der Waals surface area contributed by atoms with E-state index in [0.29, 0.717) is 17.7 Å². The first-order valence-corrected chi connectivity index (χ1v) is 4.96. The number of methoxy groups -OCH3 is 1. The molecule has 1 aromatic rings. The summed E-state index contributed by atoms with van der Waals surface area (Å²) in [5.41, 5.74) is 5.59. The summed E-state index contributed by atoms with van der Waals surface area (Å²) >= 11 is 0. The summed E-state index contributed by atoms with van der Waals surface area (Å²) in [6.45, 7) is 1.81. The second kappa shape index (κ2) is 4.85. The normalized spacial score (nSPS) is 13.9. The smallest absolute Gasteiger partial charge is 0.406 e. The molecule has 0 aromatic heterocycles. The van der Waals surface area contributed by atoms with Crippen molar-refractivity contribution in [2.24, 2.45) is 5.73 Å². The Labute approximate surface area is 94.2 Å². The van der Waals surface area contributed by atoms with Crippen LogP contribution in [0.1, 0.15) is 18.9 Å². The highest BCUT2D eigenvalue weighted by Crippen LogP contribution is 2.23. The largest absolute Gasteiger partial charge is 0.497 e. The molecule has 1 aromatic carbocycles. The summed E-state index contributed by atoms with van der Waals surface area (Å²) in [7, 11) is 1.55. The maximum Gasteiger partial charge on any atom is 0.406 e. The summed E-state index contributed by atoms with van der Waals surface area (Å²) in [5, 5.41) is 11.1. The second-order valence-electron chi connectivity index (χ2n) is 3.49. The first-order chi connectivity index (χ1) is 7.51. The van der Waals surface area contributed by atoms with E-state index in [1.54, 1.807) is 31.4 Å². The van der Waals surface area contributed by atoms with Crippen molar-refractivity contribution in [3.8, 4) is 5.75 Å². The Morgan fingerprint density at radius 2 is 2.31 bits per heavy atom. The SMILES string of the molecule is CCC(N)(NC(=O)O)c1cccc(OC)c1. The summed E-state index contributed by atoms with van der Waals surface area (Å²) in [6.07, 6.45) is -0.695. The van der Waals surface area contributed by atoms with Gasteiger partial charge in [0, 0.05) is 0 Å². The zero-order valence-corrected chi connectivity index (χ0v) is 9.36. The third kappa shape index (κ3) is 2.64. The van der Waals surface area contributed by atoms with Gasteiger partial charge in [0.1, 0.15) is 11.4 Å². The molecule has 88 valence electrons. The van der Waals surface area contributed by atoms with Crippen molar-refractivity contribution >= 4 is 6.09 Å². The maximum absolute atomic E-state index is 10.7. The van der Waals surface area contributed by atoms with E-state index in [9.17, 15) is 4.79 Å². The number of hydrogen-bond donors (Lipinski definition) is 3. The van der Waals surface area contributed by atoms with Crippen LogP contribution in [-0.4, -0.2) is 18.3 Å². The number of nitrogens with one attached hydrogen (secondary N) is 1. The lowest BCUT2D eigenvalue weighted by Crippen LogP contribution is -2.52. The number of ether oxygens (including phenoxy) is 1. The molecule has 0 aliphatic rings. The molecule has 0 bridgehead atoms. The van der Waals surface area contributed by atoms with Crippen LogP contribution in [-0.2, 0) is 5.66 Å². The first-order valence-electron chi connectivity index (χ1n) is 4.96. The molecule has 0 saturated heterocycles. The topological polar surface area (TPSA) is 84.6 Å². The van der Waals surface area contributed by atoms with Crippen molar-refractivity contribution in [1.82, 2.24) is 5.32 Å². The van der Waals surface area contributed by atoms with Crippen LogP contribution < -0.4 is 15.8 Å². The molecule has 0 aliphatic heterocycles. The Kier molecular flexibility index (Phi) is 3.73. The predicted octanol–water partition coefficient (Wildman–Crippen LogP) is 1.48. The molecule has 0 aliphatic carbocycles. The van der Waals surface area contributed by atoms with Gasteiger partial charge in [-0.05, 0) is 24.1 Å². The number of nitrogens with two attached hydrogens (primary N) is 1. The maximum atomic E-state index is 10.7. The molecule has 0 radical (unpaired) electrons. The standard InChI is InChI=1S/C11H16N2O3/c1-3-11(12,13-10(14)15)8-5-4-6-9(7-8)16-2/h4-7,13H,3,12H2,1-2H3,(H,14,15).